The van der Waals surface area contributed by atoms with Crippen LogP contribution in [0.15, 0.2) is 17.5 Å². The van der Waals surface area contributed by atoms with Crippen LogP contribution < -0.4 is 0 Å². The molecule has 0 aromatic carbocycles. The van der Waals surface area contributed by atoms with Crippen molar-refractivity contribution in [2.24, 2.45) is 0 Å². The lowest BCUT2D eigenvalue weighted by atomic mass is 10.3. The number of carbonyl (C=O) groups is 1. The molecule has 6 nitrogen and oxygen atoms in total. The van der Waals surface area contributed by atoms with Gasteiger partial charge in [-0.05, 0) is 18.4 Å². The van der Waals surface area contributed by atoms with E-state index in [1.807, 2.05) is 17.5 Å². The van der Waals surface area contributed by atoms with E-state index in [0.29, 0.717) is 10.7 Å². The van der Waals surface area contributed by atoms with Crippen molar-refractivity contribution in [1.29, 1.82) is 0 Å². The quantitative estimate of drug-likeness (QED) is 0.748. The fourth-order valence-corrected chi connectivity index (χ4v) is 3.51. The summed E-state index contributed by atoms with van der Waals surface area (Å²) in [5.74, 6) is -0.535. The zero-order chi connectivity index (χ0) is 14.1. The van der Waals surface area contributed by atoms with Crippen molar-refractivity contribution < 1.29 is 14.6 Å². The van der Waals surface area contributed by atoms with Gasteiger partial charge in [-0.15, -0.1) is 11.3 Å². The summed E-state index contributed by atoms with van der Waals surface area (Å²) in [5.41, 5.74) is 0.489. The van der Waals surface area contributed by atoms with Crippen LogP contribution in [0.4, 0.5) is 0 Å². The van der Waals surface area contributed by atoms with Crippen LogP contribution in [0.5, 0.6) is 0 Å². The van der Waals surface area contributed by atoms with Gasteiger partial charge in [0.1, 0.15) is 5.69 Å². The normalized spacial score (nSPS) is 11.1. The van der Waals surface area contributed by atoms with E-state index in [0.717, 1.165) is 9.88 Å². The number of nitrogens with zero attached hydrogens (tertiary/aromatic N) is 3. The first-order chi connectivity index (χ1) is 9.74. The van der Waals surface area contributed by atoms with Gasteiger partial charge in [0.15, 0.2) is 10.7 Å². The van der Waals surface area contributed by atoms with Gasteiger partial charge in [0.25, 0.3) is 0 Å². The molecule has 0 fully saturated rings. The monoisotopic (exact) mass is 309 g/mol. The number of rotatable bonds is 4. The molecule has 0 saturated heterocycles. The van der Waals surface area contributed by atoms with Gasteiger partial charge in [0, 0.05) is 0 Å². The molecule has 8 heteroatoms. The van der Waals surface area contributed by atoms with Crippen molar-refractivity contribution in [3.8, 4) is 9.88 Å². The third-order valence-corrected chi connectivity index (χ3v) is 4.59. The molecule has 0 radical (unpaired) electrons. The van der Waals surface area contributed by atoms with E-state index in [1.165, 1.54) is 15.9 Å². The van der Waals surface area contributed by atoms with Crippen molar-refractivity contribution in [2.45, 2.75) is 13.5 Å². The number of imidazole rings is 1. The van der Waals surface area contributed by atoms with E-state index >= 15 is 0 Å². The number of ether oxygens (including phenoxy) is 1. The molecule has 20 heavy (non-hydrogen) atoms. The van der Waals surface area contributed by atoms with Crippen molar-refractivity contribution in [2.75, 3.05) is 6.61 Å². The van der Waals surface area contributed by atoms with Gasteiger partial charge in [-0.2, -0.15) is 5.10 Å². The van der Waals surface area contributed by atoms with E-state index in [2.05, 4.69) is 10.1 Å². The topological polar surface area (TPSA) is 76.7 Å². The van der Waals surface area contributed by atoms with E-state index in [4.69, 9.17) is 4.74 Å². The van der Waals surface area contributed by atoms with Gasteiger partial charge >= 0.3 is 5.97 Å². The molecule has 3 aromatic heterocycles. The van der Waals surface area contributed by atoms with Crippen LogP contribution in [-0.2, 0) is 11.3 Å². The number of hydrogen-bond acceptors (Lipinski definition) is 7. The summed E-state index contributed by atoms with van der Waals surface area (Å²) in [7, 11) is 0. The first kappa shape index (κ1) is 13.2. The van der Waals surface area contributed by atoms with E-state index in [-0.39, 0.29) is 18.9 Å². The smallest absolute Gasteiger partial charge is 0.359 e. The summed E-state index contributed by atoms with van der Waals surface area (Å²) in [6, 6.07) is 3.91. The summed E-state index contributed by atoms with van der Waals surface area (Å²) < 4.78 is 6.43. The molecular weight excluding hydrogens is 298 g/mol. The molecule has 3 rings (SSSR count). The molecule has 1 N–H and O–H groups in total. The van der Waals surface area contributed by atoms with Crippen LogP contribution >= 0.6 is 22.7 Å². The molecule has 3 heterocycles. The Kier molecular flexibility index (Phi) is 3.51. The van der Waals surface area contributed by atoms with E-state index in [1.54, 1.807) is 18.3 Å². The van der Waals surface area contributed by atoms with Crippen LogP contribution in [0.3, 0.4) is 0 Å². The maximum Gasteiger partial charge on any atom is 0.359 e. The zero-order valence-electron chi connectivity index (χ0n) is 10.6. The third-order valence-electron chi connectivity index (χ3n) is 2.65. The van der Waals surface area contributed by atoms with Crippen LogP contribution in [0, 0.1) is 0 Å². The molecule has 0 amide bonds. The first-order valence-electron chi connectivity index (χ1n) is 5.95. The van der Waals surface area contributed by atoms with E-state index < -0.39 is 5.97 Å². The number of hydrogen-bond donors (Lipinski definition) is 1. The predicted octanol–water partition coefficient (Wildman–Crippen LogP) is 2.19. The molecule has 0 atom stereocenters. The van der Waals surface area contributed by atoms with Gasteiger partial charge in [0.05, 0.1) is 18.1 Å². The van der Waals surface area contributed by atoms with Crippen molar-refractivity contribution in [3.05, 3.63) is 28.9 Å². The standard InChI is InChI=1S/C12H11N3O3S2/c1-2-18-11(17)9-7(6-16)15-12(13-9)20-10(14-15)8-4-3-5-19-8/h3-5,16H,2,6H2,1H3. The molecule has 0 saturated carbocycles. The van der Waals surface area contributed by atoms with Gasteiger partial charge < -0.3 is 9.84 Å². The number of aliphatic hydroxyl groups excluding tert-OH is 1. The second kappa shape index (κ2) is 5.31. The molecular formula is C12H11N3O3S2. The zero-order valence-corrected chi connectivity index (χ0v) is 12.2. The second-order valence-electron chi connectivity index (χ2n) is 3.86. The number of fused-ring (bicyclic) bond motifs is 1. The Morgan fingerprint density at radius 1 is 1.55 bits per heavy atom. The first-order valence-corrected chi connectivity index (χ1v) is 7.64. The minimum Gasteiger partial charge on any atom is -0.461 e. The highest BCUT2D eigenvalue weighted by atomic mass is 32.1. The summed E-state index contributed by atoms with van der Waals surface area (Å²) in [4.78, 5) is 17.6. The molecule has 0 unspecified atom stereocenters. The van der Waals surface area contributed by atoms with E-state index in [9.17, 15) is 9.90 Å². The molecule has 104 valence electrons. The highest BCUT2D eigenvalue weighted by molar-refractivity contribution is 7.23. The molecule has 0 aliphatic heterocycles. The minimum atomic E-state index is -0.535. The van der Waals surface area contributed by atoms with Crippen LogP contribution in [0.25, 0.3) is 14.8 Å². The number of thiophene rings is 1. The number of aromatic nitrogens is 3. The third kappa shape index (κ3) is 2.11. The van der Waals surface area contributed by atoms with Crippen molar-refractivity contribution in [1.82, 2.24) is 14.6 Å². The minimum absolute atomic E-state index is 0.130. The fraction of sp³-hybridized carbons (Fsp3) is 0.250. The summed E-state index contributed by atoms with van der Waals surface area (Å²) in [6.45, 7) is 1.67. The highest BCUT2D eigenvalue weighted by Crippen LogP contribution is 2.30. The maximum atomic E-state index is 11.8. The Balaban J connectivity index is 2.08. The summed E-state index contributed by atoms with van der Waals surface area (Å²) in [6.07, 6.45) is 0. The Labute approximate surface area is 122 Å². The fourth-order valence-electron chi connectivity index (χ4n) is 1.79. The van der Waals surface area contributed by atoms with Gasteiger partial charge in [0.2, 0.25) is 4.96 Å². The number of carbonyl (C=O) groups excluding carboxylic acids is 1. The maximum absolute atomic E-state index is 11.8. The average Bonchev–Trinajstić information content (AvgIpc) is 3.13. The van der Waals surface area contributed by atoms with Gasteiger partial charge in [-0.25, -0.2) is 14.3 Å². The molecule has 0 aliphatic rings. The largest absolute Gasteiger partial charge is 0.461 e. The predicted molar refractivity (Wildman–Crippen MR) is 76.1 cm³/mol. The van der Waals surface area contributed by atoms with Gasteiger partial charge in [-0.3, -0.25) is 0 Å². The van der Waals surface area contributed by atoms with Crippen LogP contribution in [0.1, 0.15) is 23.1 Å². The summed E-state index contributed by atoms with van der Waals surface area (Å²) in [5, 5.41) is 16.6. The lowest BCUT2D eigenvalue weighted by molar-refractivity contribution is 0.0516. The number of esters is 1. The Morgan fingerprint density at radius 3 is 3.05 bits per heavy atom. The Bertz CT molecular complexity index is 746. The highest BCUT2D eigenvalue weighted by Gasteiger charge is 2.22. The second-order valence-corrected chi connectivity index (χ2v) is 5.77. The summed E-state index contributed by atoms with van der Waals surface area (Å²) >= 11 is 2.95. The molecule has 0 spiro atoms. The average molecular weight is 309 g/mol. The van der Waals surface area contributed by atoms with Crippen molar-refractivity contribution >= 4 is 33.6 Å². The molecule has 0 aliphatic carbocycles. The Hall–Kier alpha value is -1.77. The van der Waals surface area contributed by atoms with Crippen LogP contribution in [-0.4, -0.2) is 32.3 Å². The van der Waals surface area contributed by atoms with Gasteiger partial charge in [-0.1, -0.05) is 17.4 Å². The number of aliphatic hydroxyl groups is 1. The SMILES string of the molecule is CCOC(=O)c1nc2sc(-c3cccs3)nn2c1CO. The lowest BCUT2D eigenvalue weighted by Crippen LogP contribution is -2.09. The molecule has 0 bridgehead atoms. The molecule has 3 aromatic rings. The van der Waals surface area contributed by atoms with Crippen molar-refractivity contribution in [3.63, 3.8) is 0 Å². The van der Waals surface area contributed by atoms with Crippen LogP contribution in [0.2, 0.25) is 0 Å². The lowest BCUT2D eigenvalue weighted by Gasteiger charge is -2.00. The Morgan fingerprint density at radius 2 is 2.40 bits per heavy atom.